The Balaban J connectivity index is 1.86. The SMILES string of the molecule is CN=C(NCc1cc(C#N)ccc1F)NCC1CCCO1. The van der Waals surface area contributed by atoms with Gasteiger partial charge in [0.25, 0.3) is 0 Å². The summed E-state index contributed by atoms with van der Waals surface area (Å²) in [4.78, 5) is 4.09. The number of hydrogen-bond acceptors (Lipinski definition) is 3. The van der Waals surface area contributed by atoms with Gasteiger partial charge in [-0.25, -0.2) is 4.39 Å². The predicted octanol–water partition coefficient (Wildman–Crippen LogP) is 1.54. The van der Waals surface area contributed by atoms with E-state index in [0.29, 0.717) is 23.6 Å². The molecule has 1 aromatic rings. The minimum absolute atomic E-state index is 0.210. The van der Waals surface area contributed by atoms with Crippen molar-refractivity contribution >= 4 is 5.96 Å². The lowest BCUT2D eigenvalue weighted by molar-refractivity contribution is 0.114. The maximum absolute atomic E-state index is 13.7. The maximum Gasteiger partial charge on any atom is 0.191 e. The Bertz CT molecular complexity index is 547. The van der Waals surface area contributed by atoms with Crippen molar-refractivity contribution in [3.63, 3.8) is 0 Å². The zero-order valence-corrected chi connectivity index (χ0v) is 12.0. The van der Waals surface area contributed by atoms with Crippen molar-refractivity contribution in [3.05, 3.63) is 35.1 Å². The summed E-state index contributed by atoms with van der Waals surface area (Å²) in [6.07, 6.45) is 2.34. The van der Waals surface area contributed by atoms with Crippen molar-refractivity contribution < 1.29 is 9.13 Å². The van der Waals surface area contributed by atoms with E-state index in [9.17, 15) is 4.39 Å². The Kier molecular flexibility index (Phi) is 5.52. The molecule has 6 heteroatoms. The molecule has 2 N–H and O–H groups in total. The summed E-state index contributed by atoms with van der Waals surface area (Å²) in [6.45, 7) is 1.76. The second-order valence-corrected chi connectivity index (χ2v) is 4.86. The molecule has 0 radical (unpaired) electrons. The van der Waals surface area contributed by atoms with Crippen molar-refractivity contribution in [3.8, 4) is 6.07 Å². The van der Waals surface area contributed by atoms with E-state index in [0.717, 1.165) is 19.4 Å². The van der Waals surface area contributed by atoms with Crippen LogP contribution in [0.4, 0.5) is 4.39 Å². The molecule has 1 heterocycles. The molecule has 1 atom stereocenters. The molecule has 1 fully saturated rings. The highest BCUT2D eigenvalue weighted by Gasteiger charge is 2.15. The first-order valence-corrected chi connectivity index (χ1v) is 6.97. The van der Waals surface area contributed by atoms with Gasteiger partial charge in [-0.2, -0.15) is 5.26 Å². The van der Waals surface area contributed by atoms with Crippen LogP contribution in [0.1, 0.15) is 24.0 Å². The molecule has 1 aliphatic rings. The van der Waals surface area contributed by atoms with E-state index >= 15 is 0 Å². The molecule has 2 rings (SSSR count). The lowest BCUT2D eigenvalue weighted by Gasteiger charge is -2.15. The molecule has 0 bridgehead atoms. The lowest BCUT2D eigenvalue weighted by Crippen LogP contribution is -2.40. The molecule has 1 aromatic carbocycles. The van der Waals surface area contributed by atoms with E-state index in [2.05, 4.69) is 15.6 Å². The Labute approximate surface area is 123 Å². The Morgan fingerprint density at radius 2 is 2.38 bits per heavy atom. The summed E-state index contributed by atoms with van der Waals surface area (Å²) in [5.41, 5.74) is 0.879. The fourth-order valence-corrected chi connectivity index (χ4v) is 2.20. The van der Waals surface area contributed by atoms with Gasteiger partial charge in [-0.05, 0) is 31.0 Å². The molecule has 1 saturated heterocycles. The topological polar surface area (TPSA) is 69.4 Å². The third-order valence-corrected chi connectivity index (χ3v) is 3.37. The van der Waals surface area contributed by atoms with Crippen molar-refractivity contribution in [1.29, 1.82) is 5.26 Å². The van der Waals surface area contributed by atoms with E-state index in [-0.39, 0.29) is 18.5 Å². The highest BCUT2D eigenvalue weighted by molar-refractivity contribution is 5.79. The van der Waals surface area contributed by atoms with E-state index in [1.54, 1.807) is 7.05 Å². The molecule has 112 valence electrons. The third kappa shape index (κ3) is 4.43. The smallest absolute Gasteiger partial charge is 0.191 e. The Hall–Kier alpha value is -2.13. The zero-order valence-electron chi connectivity index (χ0n) is 12.0. The van der Waals surface area contributed by atoms with Crippen LogP contribution >= 0.6 is 0 Å². The van der Waals surface area contributed by atoms with E-state index < -0.39 is 0 Å². The Morgan fingerprint density at radius 3 is 3.05 bits per heavy atom. The molecule has 1 aliphatic heterocycles. The van der Waals surface area contributed by atoms with Crippen LogP contribution in [0.15, 0.2) is 23.2 Å². The molecule has 0 aromatic heterocycles. The number of rotatable bonds is 4. The van der Waals surface area contributed by atoms with Gasteiger partial charge in [0.15, 0.2) is 5.96 Å². The molecular weight excluding hydrogens is 271 g/mol. The Morgan fingerprint density at radius 1 is 1.52 bits per heavy atom. The van der Waals surface area contributed by atoms with Gasteiger partial charge in [-0.1, -0.05) is 0 Å². The van der Waals surface area contributed by atoms with Crippen molar-refractivity contribution in [2.75, 3.05) is 20.2 Å². The summed E-state index contributed by atoms with van der Waals surface area (Å²) >= 11 is 0. The fourth-order valence-electron chi connectivity index (χ4n) is 2.20. The van der Waals surface area contributed by atoms with E-state index in [1.807, 2.05) is 6.07 Å². The van der Waals surface area contributed by atoms with Gasteiger partial charge in [0.1, 0.15) is 5.82 Å². The standard InChI is InChI=1S/C15H19FN4O/c1-18-15(20-10-13-3-2-6-21-13)19-9-12-7-11(8-17)4-5-14(12)16/h4-5,7,13H,2-3,6,9-10H2,1H3,(H2,18,19,20). The highest BCUT2D eigenvalue weighted by atomic mass is 19.1. The van der Waals surface area contributed by atoms with Gasteiger partial charge in [0, 0.05) is 32.3 Å². The second kappa shape index (κ2) is 7.60. The minimum atomic E-state index is -0.337. The maximum atomic E-state index is 13.7. The number of nitrogens with one attached hydrogen (secondary N) is 2. The summed E-state index contributed by atoms with van der Waals surface area (Å²) < 4.78 is 19.2. The zero-order chi connectivity index (χ0) is 15.1. The van der Waals surface area contributed by atoms with Crippen LogP contribution in [0, 0.1) is 17.1 Å². The van der Waals surface area contributed by atoms with Crippen LogP contribution in [0.3, 0.4) is 0 Å². The predicted molar refractivity (Wildman–Crippen MR) is 78.3 cm³/mol. The summed E-state index contributed by atoms with van der Waals surface area (Å²) in [7, 11) is 1.66. The highest BCUT2D eigenvalue weighted by Crippen LogP contribution is 2.11. The molecule has 21 heavy (non-hydrogen) atoms. The van der Waals surface area contributed by atoms with Gasteiger partial charge >= 0.3 is 0 Å². The quantitative estimate of drug-likeness (QED) is 0.652. The van der Waals surface area contributed by atoms with Crippen molar-refractivity contribution in [2.45, 2.75) is 25.5 Å². The number of halogens is 1. The molecule has 1 unspecified atom stereocenters. The first-order valence-electron chi connectivity index (χ1n) is 6.97. The summed E-state index contributed by atoms with van der Waals surface area (Å²) in [5.74, 6) is 0.253. The van der Waals surface area contributed by atoms with E-state index in [4.69, 9.17) is 10.00 Å². The second-order valence-electron chi connectivity index (χ2n) is 4.86. The largest absolute Gasteiger partial charge is 0.376 e. The van der Waals surface area contributed by atoms with Gasteiger partial charge in [0.2, 0.25) is 0 Å². The van der Waals surface area contributed by atoms with Gasteiger partial charge < -0.3 is 15.4 Å². The molecular formula is C15H19FN4O. The van der Waals surface area contributed by atoms with Crippen molar-refractivity contribution in [1.82, 2.24) is 10.6 Å². The summed E-state index contributed by atoms with van der Waals surface area (Å²) in [5, 5.41) is 15.0. The minimum Gasteiger partial charge on any atom is -0.376 e. The van der Waals surface area contributed by atoms with Crippen LogP contribution in [-0.4, -0.2) is 32.3 Å². The molecule has 0 saturated carbocycles. The molecule has 0 spiro atoms. The number of nitriles is 1. The van der Waals surface area contributed by atoms with Crippen LogP contribution in [0.25, 0.3) is 0 Å². The average Bonchev–Trinajstić information content (AvgIpc) is 3.02. The molecule has 5 nitrogen and oxygen atoms in total. The average molecular weight is 290 g/mol. The van der Waals surface area contributed by atoms with Crippen LogP contribution < -0.4 is 10.6 Å². The van der Waals surface area contributed by atoms with Gasteiger partial charge in [-0.15, -0.1) is 0 Å². The van der Waals surface area contributed by atoms with Crippen LogP contribution in [0.5, 0.6) is 0 Å². The number of ether oxygens (including phenoxy) is 1. The van der Waals surface area contributed by atoms with E-state index in [1.165, 1.54) is 18.2 Å². The van der Waals surface area contributed by atoms with Crippen molar-refractivity contribution in [2.24, 2.45) is 4.99 Å². The first kappa shape index (κ1) is 15.3. The molecule has 0 amide bonds. The number of hydrogen-bond donors (Lipinski definition) is 2. The molecule has 0 aliphatic carbocycles. The first-order chi connectivity index (χ1) is 10.2. The van der Waals surface area contributed by atoms with Gasteiger partial charge in [0.05, 0.1) is 17.7 Å². The summed E-state index contributed by atoms with van der Waals surface area (Å²) in [6, 6.07) is 6.30. The fraction of sp³-hybridized carbons (Fsp3) is 0.467. The normalized spacial score (nSPS) is 18.3. The third-order valence-electron chi connectivity index (χ3n) is 3.37. The monoisotopic (exact) mass is 290 g/mol. The number of benzene rings is 1. The number of nitrogens with zero attached hydrogens (tertiary/aromatic N) is 2. The lowest BCUT2D eigenvalue weighted by atomic mass is 10.1. The van der Waals surface area contributed by atoms with Crippen LogP contribution in [0.2, 0.25) is 0 Å². The van der Waals surface area contributed by atoms with Crippen LogP contribution in [-0.2, 0) is 11.3 Å². The van der Waals surface area contributed by atoms with Gasteiger partial charge in [-0.3, -0.25) is 4.99 Å². The number of aliphatic imine (C=N–C) groups is 1. The number of guanidine groups is 1.